The molecule has 2 amide bonds. The number of sulfonamides is 1. The van der Waals surface area contributed by atoms with E-state index < -0.39 is 34.1 Å². The zero-order chi connectivity index (χ0) is 24.8. The van der Waals surface area contributed by atoms with Crippen molar-refractivity contribution in [1.29, 1.82) is 0 Å². The van der Waals surface area contributed by atoms with Crippen LogP contribution < -0.4 is 9.62 Å². The standard InChI is InChI=1S/C24H32ClN3O4S/c1-6-21(23(30)26-24(2,3)4)27(16-18-12-14-19(25)15-13-18)22(29)17-28(33(5,31)32)20-10-8-7-9-11-20/h7-15,21H,6,16-17H2,1-5H3,(H,26,30). The van der Waals surface area contributed by atoms with Gasteiger partial charge in [-0.1, -0.05) is 48.9 Å². The fourth-order valence-electron chi connectivity index (χ4n) is 3.37. The molecule has 0 spiro atoms. The van der Waals surface area contributed by atoms with Crippen molar-refractivity contribution in [2.24, 2.45) is 0 Å². The van der Waals surface area contributed by atoms with Crippen LogP contribution in [0, 0.1) is 0 Å². The van der Waals surface area contributed by atoms with Crippen molar-refractivity contribution in [3.63, 3.8) is 0 Å². The molecule has 1 unspecified atom stereocenters. The molecule has 2 rings (SSSR count). The highest BCUT2D eigenvalue weighted by Gasteiger charge is 2.32. The van der Waals surface area contributed by atoms with E-state index in [1.54, 1.807) is 54.6 Å². The maximum Gasteiger partial charge on any atom is 0.244 e. The molecule has 0 bridgehead atoms. The van der Waals surface area contributed by atoms with E-state index in [9.17, 15) is 18.0 Å². The molecule has 0 heterocycles. The van der Waals surface area contributed by atoms with Gasteiger partial charge < -0.3 is 10.2 Å². The minimum atomic E-state index is -3.74. The van der Waals surface area contributed by atoms with Crippen LogP contribution in [0.1, 0.15) is 39.7 Å². The number of nitrogens with zero attached hydrogens (tertiary/aromatic N) is 2. The predicted octanol–water partition coefficient (Wildman–Crippen LogP) is 3.83. The van der Waals surface area contributed by atoms with Crippen LogP contribution in [0.5, 0.6) is 0 Å². The van der Waals surface area contributed by atoms with Crippen molar-refractivity contribution in [3.8, 4) is 0 Å². The van der Waals surface area contributed by atoms with Gasteiger partial charge in [-0.15, -0.1) is 0 Å². The maximum absolute atomic E-state index is 13.5. The lowest BCUT2D eigenvalue weighted by atomic mass is 10.1. The first kappa shape index (κ1) is 26.7. The Morgan fingerprint density at radius 3 is 2.09 bits per heavy atom. The second kappa shape index (κ2) is 11.0. The van der Waals surface area contributed by atoms with E-state index in [4.69, 9.17) is 11.6 Å². The minimum Gasteiger partial charge on any atom is -0.350 e. The summed E-state index contributed by atoms with van der Waals surface area (Å²) in [6.45, 7) is 7.13. The van der Waals surface area contributed by atoms with E-state index in [1.807, 2.05) is 27.7 Å². The fourth-order valence-corrected chi connectivity index (χ4v) is 4.34. The van der Waals surface area contributed by atoms with Gasteiger partial charge in [-0.3, -0.25) is 13.9 Å². The lowest BCUT2D eigenvalue weighted by Crippen LogP contribution is -2.55. The average molecular weight is 494 g/mol. The van der Waals surface area contributed by atoms with Gasteiger partial charge in [-0.05, 0) is 57.0 Å². The Morgan fingerprint density at radius 1 is 1.03 bits per heavy atom. The van der Waals surface area contributed by atoms with Crippen LogP contribution in [0.15, 0.2) is 54.6 Å². The largest absolute Gasteiger partial charge is 0.350 e. The predicted molar refractivity (Wildman–Crippen MR) is 133 cm³/mol. The van der Waals surface area contributed by atoms with Gasteiger partial charge in [0, 0.05) is 17.1 Å². The molecule has 2 aromatic rings. The Labute approximate surface area is 201 Å². The molecule has 9 heteroatoms. The number of hydrogen-bond donors (Lipinski definition) is 1. The number of carbonyl (C=O) groups is 2. The maximum atomic E-state index is 13.5. The highest BCUT2D eigenvalue weighted by molar-refractivity contribution is 7.92. The Morgan fingerprint density at radius 2 is 1.61 bits per heavy atom. The number of amides is 2. The van der Waals surface area contributed by atoms with Crippen LogP contribution >= 0.6 is 11.6 Å². The third kappa shape index (κ3) is 8.05. The van der Waals surface area contributed by atoms with Crippen molar-refractivity contribution in [2.45, 2.75) is 52.2 Å². The van der Waals surface area contributed by atoms with Crippen molar-refractivity contribution in [2.75, 3.05) is 17.1 Å². The van der Waals surface area contributed by atoms with Gasteiger partial charge in [-0.2, -0.15) is 0 Å². The molecule has 0 aromatic heterocycles. The van der Waals surface area contributed by atoms with Gasteiger partial charge in [0.2, 0.25) is 21.8 Å². The summed E-state index contributed by atoms with van der Waals surface area (Å²) in [5.41, 5.74) is 0.676. The summed E-state index contributed by atoms with van der Waals surface area (Å²) in [6, 6.07) is 14.6. The van der Waals surface area contributed by atoms with E-state index in [0.717, 1.165) is 16.1 Å². The summed E-state index contributed by atoms with van der Waals surface area (Å²) in [6.07, 6.45) is 1.42. The van der Waals surface area contributed by atoms with Crippen LogP contribution in [-0.4, -0.2) is 49.5 Å². The molecule has 180 valence electrons. The summed E-state index contributed by atoms with van der Waals surface area (Å²) in [5, 5.41) is 3.49. The van der Waals surface area contributed by atoms with E-state index in [-0.39, 0.29) is 12.5 Å². The number of benzene rings is 2. The van der Waals surface area contributed by atoms with Gasteiger partial charge >= 0.3 is 0 Å². The highest BCUT2D eigenvalue weighted by atomic mass is 35.5. The minimum absolute atomic E-state index is 0.137. The molecule has 7 nitrogen and oxygen atoms in total. The summed E-state index contributed by atoms with van der Waals surface area (Å²) in [7, 11) is -3.74. The summed E-state index contributed by atoms with van der Waals surface area (Å²) in [5.74, 6) is -0.770. The van der Waals surface area contributed by atoms with Crippen LogP contribution in [0.25, 0.3) is 0 Å². The number of hydrogen-bond acceptors (Lipinski definition) is 4. The fraction of sp³-hybridized carbons (Fsp3) is 0.417. The SMILES string of the molecule is CCC(C(=O)NC(C)(C)C)N(Cc1ccc(Cl)cc1)C(=O)CN(c1ccccc1)S(C)(=O)=O. The summed E-state index contributed by atoms with van der Waals surface area (Å²) >= 11 is 5.99. The highest BCUT2D eigenvalue weighted by Crippen LogP contribution is 2.20. The molecular formula is C24H32ClN3O4S. The van der Waals surface area contributed by atoms with Crippen molar-refractivity contribution < 1.29 is 18.0 Å². The average Bonchev–Trinajstić information content (AvgIpc) is 2.71. The first-order valence-electron chi connectivity index (χ1n) is 10.7. The lowest BCUT2D eigenvalue weighted by Gasteiger charge is -2.34. The molecule has 33 heavy (non-hydrogen) atoms. The molecule has 2 aromatic carbocycles. The molecule has 0 aliphatic carbocycles. The van der Waals surface area contributed by atoms with E-state index in [2.05, 4.69) is 5.32 Å². The zero-order valence-corrected chi connectivity index (χ0v) is 21.3. The van der Waals surface area contributed by atoms with Crippen molar-refractivity contribution in [3.05, 3.63) is 65.2 Å². The van der Waals surface area contributed by atoms with Crippen molar-refractivity contribution >= 4 is 39.1 Å². The number of halogens is 1. The molecule has 1 N–H and O–H groups in total. The Kier molecular flexibility index (Phi) is 8.91. The second-order valence-electron chi connectivity index (χ2n) is 8.92. The molecule has 1 atom stereocenters. The van der Waals surface area contributed by atoms with Gasteiger partial charge in [0.1, 0.15) is 12.6 Å². The van der Waals surface area contributed by atoms with E-state index >= 15 is 0 Å². The normalized spacial score (nSPS) is 12.7. The molecule has 0 fully saturated rings. The molecule has 0 radical (unpaired) electrons. The number of nitrogens with one attached hydrogen (secondary N) is 1. The molecule has 0 saturated carbocycles. The van der Waals surface area contributed by atoms with Crippen LogP contribution in [0.3, 0.4) is 0 Å². The van der Waals surface area contributed by atoms with E-state index in [0.29, 0.717) is 17.1 Å². The smallest absolute Gasteiger partial charge is 0.244 e. The molecule has 0 aliphatic heterocycles. The number of carbonyl (C=O) groups excluding carboxylic acids is 2. The Balaban J connectivity index is 2.42. The first-order chi connectivity index (χ1) is 15.3. The molecule has 0 aliphatic rings. The van der Waals surface area contributed by atoms with Gasteiger partial charge in [0.25, 0.3) is 0 Å². The van der Waals surface area contributed by atoms with Crippen LogP contribution in [0.4, 0.5) is 5.69 Å². The third-order valence-electron chi connectivity index (χ3n) is 4.87. The monoisotopic (exact) mass is 493 g/mol. The van der Waals surface area contributed by atoms with Crippen LogP contribution in [-0.2, 0) is 26.2 Å². The molecular weight excluding hydrogens is 462 g/mol. The van der Waals surface area contributed by atoms with Gasteiger partial charge in [0.15, 0.2) is 0 Å². The second-order valence-corrected chi connectivity index (χ2v) is 11.3. The summed E-state index contributed by atoms with van der Waals surface area (Å²) < 4.78 is 26.1. The first-order valence-corrected chi connectivity index (χ1v) is 12.9. The molecule has 0 saturated heterocycles. The van der Waals surface area contributed by atoms with Gasteiger partial charge in [-0.25, -0.2) is 8.42 Å². The Bertz CT molecular complexity index is 1050. The quantitative estimate of drug-likeness (QED) is 0.575. The van der Waals surface area contributed by atoms with Crippen molar-refractivity contribution in [1.82, 2.24) is 10.2 Å². The summed E-state index contributed by atoms with van der Waals surface area (Å²) in [4.78, 5) is 28.0. The topological polar surface area (TPSA) is 86.8 Å². The van der Waals surface area contributed by atoms with Gasteiger partial charge in [0.05, 0.1) is 11.9 Å². The van der Waals surface area contributed by atoms with E-state index in [1.165, 1.54) is 4.90 Å². The van der Waals surface area contributed by atoms with Crippen LogP contribution in [0.2, 0.25) is 5.02 Å². The number of anilines is 1. The third-order valence-corrected chi connectivity index (χ3v) is 6.27. The Hall–Kier alpha value is -2.58. The number of para-hydroxylation sites is 1. The zero-order valence-electron chi connectivity index (χ0n) is 19.7. The number of rotatable bonds is 9. The lowest BCUT2D eigenvalue weighted by molar-refractivity contribution is -0.141.